The van der Waals surface area contributed by atoms with E-state index in [0.29, 0.717) is 17.6 Å². The lowest BCUT2D eigenvalue weighted by molar-refractivity contribution is 0.0897. The van der Waals surface area contributed by atoms with E-state index in [0.717, 1.165) is 25.9 Å². The molecule has 1 aliphatic heterocycles. The Balaban J connectivity index is 1.60. The summed E-state index contributed by atoms with van der Waals surface area (Å²) < 4.78 is 29.7. The number of sulfone groups is 1. The molecular weight excluding hydrogens is 392 g/mol. The molecule has 1 atom stereocenters. The van der Waals surface area contributed by atoms with Crippen molar-refractivity contribution in [2.24, 2.45) is 0 Å². The maximum atomic E-state index is 12.4. The Morgan fingerprint density at radius 1 is 1.37 bits per heavy atom. The number of likely N-dealkylation sites (N-methyl/N-ethyl adjacent to an activating group) is 1. The van der Waals surface area contributed by atoms with E-state index < -0.39 is 21.5 Å². The maximum Gasteiger partial charge on any atom is 0.315 e. The fourth-order valence-electron chi connectivity index (χ4n) is 3.13. The predicted molar refractivity (Wildman–Crippen MR) is 99.2 cm³/mol. The molecule has 8 nitrogen and oxygen atoms in total. The number of hydrogen-bond donors (Lipinski definition) is 1. The number of aromatic nitrogens is 2. The summed E-state index contributed by atoms with van der Waals surface area (Å²) in [7, 11) is -3.66. The summed E-state index contributed by atoms with van der Waals surface area (Å²) in [5, 5.41) is 6.83. The van der Waals surface area contributed by atoms with Gasteiger partial charge >= 0.3 is 11.8 Å². The Morgan fingerprint density at radius 2 is 2.11 bits per heavy atom. The molecule has 1 amide bonds. The molecule has 27 heavy (non-hydrogen) atoms. The average molecular weight is 413 g/mol. The van der Waals surface area contributed by atoms with Crippen LogP contribution in [0.2, 0.25) is 5.02 Å². The van der Waals surface area contributed by atoms with E-state index in [1.54, 1.807) is 0 Å². The third-order valence-electron chi connectivity index (χ3n) is 4.56. The topological polar surface area (TPSA) is 105 Å². The van der Waals surface area contributed by atoms with Gasteiger partial charge in [0.05, 0.1) is 4.90 Å². The maximum absolute atomic E-state index is 12.4. The second kappa shape index (κ2) is 8.37. The fraction of sp³-hybridized carbons (Fsp3) is 0.471. The summed E-state index contributed by atoms with van der Waals surface area (Å²) in [6.45, 7) is 4.55. The van der Waals surface area contributed by atoms with Crippen LogP contribution in [-0.2, 0) is 15.6 Å². The Kier molecular flexibility index (Phi) is 6.13. The molecule has 0 spiro atoms. The van der Waals surface area contributed by atoms with Gasteiger partial charge in [-0.1, -0.05) is 23.7 Å². The van der Waals surface area contributed by atoms with E-state index in [-0.39, 0.29) is 16.6 Å². The SMILES string of the molecule is CCN1CCC[C@@H]1CNC(=O)c1nc(CS(=O)(=O)c2ccc(Cl)cc2)no1. The van der Waals surface area contributed by atoms with E-state index in [1.165, 1.54) is 24.3 Å². The largest absolute Gasteiger partial charge is 0.346 e. The summed E-state index contributed by atoms with van der Waals surface area (Å²) in [5.74, 6) is -1.26. The van der Waals surface area contributed by atoms with Gasteiger partial charge in [-0.05, 0) is 50.2 Å². The van der Waals surface area contributed by atoms with Crippen LogP contribution in [-0.4, -0.2) is 55.0 Å². The number of hydrogen-bond acceptors (Lipinski definition) is 7. The average Bonchev–Trinajstić information content (AvgIpc) is 3.28. The quantitative estimate of drug-likeness (QED) is 0.740. The van der Waals surface area contributed by atoms with Gasteiger partial charge in [-0.2, -0.15) is 4.98 Å². The lowest BCUT2D eigenvalue weighted by atomic mass is 10.2. The number of likely N-dealkylation sites (tertiary alicyclic amines) is 1. The van der Waals surface area contributed by atoms with Crippen molar-refractivity contribution in [1.82, 2.24) is 20.4 Å². The molecule has 1 aliphatic rings. The molecule has 1 N–H and O–H groups in total. The number of benzene rings is 1. The van der Waals surface area contributed by atoms with Gasteiger partial charge < -0.3 is 9.84 Å². The van der Waals surface area contributed by atoms with Crippen LogP contribution >= 0.6 is 11.6 Å². The van der Waals surface area contributed by atoms with Gasteiger partial charge in [0.15, 0.2) is 15.7 Å². The molecule has 1 aromatic carbocycles. The van der Waals surface area contributed by atoms with Crippen molar-refractivity contribution in [2.75, 3.05) is 19.6 Å². The smallest absolute Gasteiger partial charge is 0.315 e. The van der Waals surface area contributed by atoms with Crippen molar-refractivity contribution in [1.29, 1.82) is 0 Å². The van der Waals surface area contributed by atoms with Crippen LogP contribution in [0.4, 0.5) is 0 Å². The standard InChI is InChI=1S/C17H21ClN4O4S/c1-2-22-9-3-4-13(22)10-19-16(23)17-20-15(21-26-17)11-27(24,25)14-7-5-12(18)6-8-14/h5-8,13H,2-4,9-11H2,1H3,(H,19,23)/t13-/m1/s1. The van der Waals surface area contributed by atoms with Gasteiger partial charge in [0, 0.05) is 17.6 Å². The normalized spacial score (nSPS) is 17.9. The highest BCUT2D eigenvalue weighted by molar-refractivity contribution is 7.90. The highest BCUT2D eigenvalue weighted by atomic mass is 35.5. The molecule has 0 radical (unpaired) electrons. The van der Waals surface area contributed by atoms with E-state index in [4.69, 9.17) is 16.1 Å². The summed E-state index contributed by atoms with van der Waals surface area (Å²) in [4.78, 5) is 18.5. The number of halogens is 1. The summed E-state index contributed by atoms with van der Waals surface area (Å²) in [5.41, 5.74) is 0. The van der Waals surface area contributed by atoms with E-state index in [2.05, 4.69) is 27.3 Å². The third-order valence-corrected chi connectivity index (χ3v) is 6.44. The molecule has 1 aromatic heterocycles. The third kappa shape index (κ3) is 4.85. The van der Waals surface area contributed by atoms with E-state index >= 15 is 0 Å². The molecule has 10 heteroatoms. The number of nitrogens with zero attached hydrogens (tertiary/aromatic N) is 3. The van der Waals surface area contributed by atoms with Crippen LogP contribution in [0.25, 0.3) is 0 Å². The van der Waals surface area contributed by atoms with Gasteiger partial charge in [-0.3, -0.25) is 9.69 Å². The minimum absolute atomic E-state index is 0.0637. The van der Waals surface area contributed by atoms with Gasteiger partial charge in [-0.15, -0.1) is 0 Å². The van der Waals surface area contributed by atoms with Crippen molar-refractivity contribution in [2.45, 2.75) is 36.5 Å². The van der Waals surface area contributed by atoms with Crippen molar-refractivity contribution in [3.05, 3.63) is 41.0 Å². The monoisotopic (exact) mass is 412 g/mol. The summed E-state index contributed by atoms with van der Waals surface area (Å²) in [6, 6.07) is 6.10. The van der Waals surface area contributed by atoms with Gasteiger partial charge in [0.25, 0.3) is 0 Å². The molecule has 1 fully saturated rings. The molecule has 0 aliphatic carbocycles. The predicted octanol–water partition coefficient (Wildman–Crippen LogP) is 1.91. The zero-order chi connectivity index (χ0) is 19.4. The fourth-order valence-corrected chi connectivity index (χ4v) is 4.43. The minimum Gasteiger partial charge on any atom is -0.346 e. The lowest BCUT2D eigenvalue weighted by Gasteiger charge is -2.22. The zero-order valence-electron chi connectivity index (χ0n) is 14.9. The molecular formula is C17H21ClN4O4S. The molecule has 146 valence electrons. The second-order valence-corrected chi connectivity index (χ2v) is 8.79. The Hall–Kier alpha value is -1.97. The number of amides is 1. The highest BCUT2D eigenvalue weighted by Gasteiger charge is 2.25. The van der Waals surface area contributed by atoms with Gasteiger partial charge in [-0.25, -0.2) is 8.42 Å². The highest BCUT2D eigenvalue weighted by Crippen LogP contribution is 2.18. The van der Waals surface area contributed by atoms with E-state index in [1.807, 2.05) is 0 Å². The first-order valence-corrected chi connectivity index (χ1v) is 10.7. The van der Waals surface area contributed by atoms with Crippen LogP contribution in [0.15, 0.2) is 33.7 Å². The first-order valence-electron chi connectivity index (χ1n) is 8.72. The first kappa shape index (κ1) is 19.8. The molecule has 2 aromatic rings. The van der Waals surface area contributed by atoms with Crippen molar-refractivity contribution < 1.29 is 17.7 Å². The van der Waals surface area contributed by atoms with Crippen molar-refractivity contribution in [3.8, 4) is 0 Å². The second-order valence-electron chi connectivity index (χ2n) is 6.36. The number of rotatable bonds is 7. The Morgan fingerprint density at radius 3 is 2.81 bits per heavy atom. The molecule has 0 saturated carbocycles. The summed E-state index contributed by atoms with van der Waals surface area (Å²) in [6.07, 6.45) is 2.14. The van der Waals surface area contributed by atoms with Crippen LogP contribution in [0.3, 0.4) is 0 Å². The van der Waals surface area contributed by atoms with Crippen LogP contribution < -0.4 is 5.32 Å². The lowest BCUT2D eigenvalue weighted by Crippen LogP contribution is -2.40. The van der Waals surface area contributed by atoms with Gasteiger partial charge in [0.2, 0.25) is 0 Å². The molecule has 0 unspecified atom stereocenters. The number of carbonyl (C=O) groups is 1. The zero-order valence-corrected chi connectivity index (χ0v) is 16.5. The van der Waals surface area contributed by atoms with Crippen LogP contribution in [0.1, 0.15) is 36.3 Å². The molecule has 3 rings (SSSR count). The number of carbonyl (C=O) groups excluding carboxylic acids is 1. The Bertz CT molecular complexity index is 898. The van der Waals surface area contributed by atoms with Crippen LogP contribution in [0.5, 0.6) is 0 Å². The molecule has 0 bridgehead atoms. The summed E-state index contributed by atoms with van der Waals surface area (Å²) >= 11 is 5.77. The van der Waals surface area contributed by atoms with Crippen molar-refractivity contribution in [3.63, 3.8) is 0 Å². The number of nitrogens with one attached hydrogen (secondary N) is 1. The molecule has 1 saturated heterocycles. The molecule has 2 heterocycles. The van der Waals surface area contributed by atoms with E-state index in [9.17, 15) is 13.2 Å². The van der Waals surface area contributed by atoms with Crippen LogP contribution in [0, 0.1) is 0 Å². The first-order chi connectivity index (χ1) is 12.9. The van der Waals surface area contributed by atoms with Crippen molar-refractivity contribution >= 4 is 27.3 Å². The minimum atomic E-state index is -3.66. The Labute approximate surface area is 162 Å². The van der Waals surface area contributed by atoms with Gasteiger partial charge in [0.1, 0.15) is 5.75 Å².